The SMILES string of the molecule is CC(C)c1cc(Oc2cccc(-c3[c-]cccc3)n2)nc(-c2[c-]ccc3c2sc2ccccc23)c1.[Pt+2]. The van der Waals surface area contributed by atoms with Gasteiger partial charge in [0.15, 0.2) is 0 Å². The Morgan fingerprint density at radius 3 is 2.42 bits per heavy atom. The van der Waals surface area contributed by atoms with E-state index >= 15 is 0 Å². The summed E-state index contributed by atoms with van der Waals surface area (Å²) in [5, 5.41) is 2.49. The van der Waals surface area contributed by atoms with Crippen LogP contribution in [0.25, 0.3) is 42.7 Å². The van der Waals surface area contributed by atoms with E-state index in [-0.39, 0.29) is 21.1 Å². The van der Waals surface area contributed by atoms with E-state index in [1.54, 1.807) is 11.3 Å². The number of hydrogen-bond acceptors (Lipinski definition) is 4. The Morgan fingerprint density at radius 2 is 1.58 bits per heavy atom. The molecule has 0 N–H and O–H groups in total. The summed E-state index contributed by atoms with van der Waals surface area (Å²) in [6.07, 6.45) is 0. The molecule has 178 valence electrons. The van der Waals surface area contributed by atoms with E-state index < -0.39 is 0 Å². The zero-order valence-electron chi connectivity index (χ0n) is 19.8. The molecule has 0 unspecified atom stereocenters. The van der Waals surface area contributed by atoms with Crippen LogP contribution in [0.5, 0.6) is 11.8 Å². The van der Waals surface area contributed by atoms with Crippen molar-refractivity contribution in [3.05, 3.63) is 109 Å². The predicted octanol–water partition coefficient (Wildman–Crippen LogP) is 8.69. The normalized spacial score (nSPS) is 11.1. The van der Waals surface area contributed by atoms with Crippen molar-refractivity contribution in [2.75, 3.05) is 0 Å². The largest absolute Gasteiger partial charge is 2.00 e. The average molecular weight is 666 g/mol. The molecule has 0 aliphatic carbocycles. The fourth-order valence-electron chi connectivity index (χ4n) is 4.20. The molecule has 3 nitrogen and oxygen atoms in total. The van der Waals surface area contributed by atoms with Crippen molar-refractivity contribution < 1.29 is 25.8 Å². The van der Waals surface area contributed by atoms with Gasteiger partial charge in [-0.3, -0.25) is 9.97 Å². The second-order valence-corrected chi connectivity index (χ2v) is 9.76. The molecule has 36 heavy (non-hydrogen) atoms. The summed E-state index contributed by atoms with van der Waals surface area (Å²) in [6.45, 7) is 4.35. The first-order valence-corrected chi connectivity index (χ1v) is 12.4. The van der Waals surface area contributed by atoms with Crippen molar-refractivity contribution in [2.45, 2.75) is 19.8 Å². The van der Waals surface area contributed by atoms with Gasteiger partial charge in [0.25, 0.3) is 0 Å². The molecule has 6 aromatic rings. The van der Waals surface area contributed by atoms with Gasteiger partial charge >= 0.3 is 21.1 Å². The van der Waals surface area contributed by atoms with E-state index in [1.807, 2.05) is 54.6 Å². The van der Waals surface area contributed by atoms with Gasteiger partial charge in [-0.15, -0.1) is 59.7 Å². The predicted molar refractivity (Wildman–Crippen MR) is 144 cm³/mol. The molecule has 3 aromatic carbocycles. The van der Waals surface area contributed by atoms with Gasteiger partial charge in [-0.1, -0.05) is 55.6 Å². The molecule has 6 rings (SSSR count). The van der Waals surface area contributed by atoms with E-state index in [9.17, 15) is 0 Å². The molecule has 3 heterocycles. The second-order valence-electron chi connectivity index (χ2n) is 8.71. The molecule has 0 spiro atoms. The summed E-state index contributed by atoms with van der Waals surface area (Å²) >= 11 is 1.78. The molecule has 0 aliphatic rings. The topological polar surface area (TPSA) is 35.0 Å². The first kappa shape index (κ1) is 24.4. The zero-order valence-corrected chi connectivity index (χ0v) is 22.9. The van der Waals surface area contributed by atoms with Crippen LogP contribution in [0.4, 0.5) is 0 Å². The molecule has 0 fully saturated rings. The Kier molecular flexibility index (Phi) is 7.00. The summed E-state index contributed by atoms with van der Waals surface area (Å²) in [7, 11) is 0. The molecule has 5 heteroatoms. The number of ether oxygens (including phenoxy) is 1. The first-order valence-electron chi connectivity index (χ1n) is 11.6. The fraction of sp³-hybridized carbons (Fsp3) is 0.0968. The van der Waals surface area contributed by atoms with Gasteiger partial charge in [-0.25, -0.2) is 0 Å². The minimum absolute atomic E-state index is 0. The maximum absolute atomic E-state index is 6.22. The summed E-state index contributed by atoms with van der Waals surface area (Å²) in [5.74, 6) is 1.35. The minimum atomic E-state index is 0. The third-order valence-corrected chi connectivity index (χ3v) is 7.21. The van der Waals surface area contributed by atoms with Crippen LogP contribution in [0.1, 0.15) is 25.3 Å². The van der Waals surface area contributed by atoms with Crippen LogP contribution < -0.4 is 4.74 Å². The van der Waals surface area contributed by atoms with Crippen LogP contribution in [0.2, 0.25) is 0 Å². The number of hydrogen-bond donors (Lipinski definition) is 0. The molecule has 0 saturated heterocycles. The van der Waals surface area contributed by atoms with Crippen LogP contribution >= 0.6 is 11.3 Å². The van der Waals surface area contributed by atoms with Gasteiger partial charge in [-0.05, 0) is 45.1 Å². The third-order valence-electron chi connectivity index (χ3n) is 6.00. The van der Waals surface area contributed by atoms with Gasteiger partial charge < -0.3 is 4.74 Å². The second kappa shape index (κ2) is 10.3. The van der Waals surface area contributed by atoms with E-state index in [4.69, 9.17) is 14.7 Å². The van der Waals surface area contributed by atoms with Crippen LogP contribution in [-0.4, -0.2) is 9.97 Å². The van der Waals surface area contributed by atoms with Crippen LogP contribution in [0.3, 0.4) is 0 Å². The molecule has 3 aromatic heterocycles. The maximum Gasteiger partial charge on any atom is 2.00 e. The minimum Gasteiger partial charge on any atom is -0.422 e. The number of thiophene rings is 1. The quantitative estimate of drug-likeness (QED) is 0.173. The molecule has 0 bridgehead atoms. The Labute approximate surface area is 229 Å². The third kappa shape index (κ3) is 4.71. The van der Waals surface area contributed by atoms with Crippen molar-refractivity contribution in [2.24, 2.45) is 0 Å². The zero-order chi connectivity index (χ0) is 23.8. The van der Waals surface area contributed by atoms with Crippen molar-refractivity contribution in [1.29, 1.82) is 0 Å². The molecule has 0 amide bonds. The molecular weight excluding hydrogens is 643 g/mol. The van der Waals surface area contributed by atoms with Crippen molar-refractivity contribution in [1.82, 2.24) is 9.97 Å². The van der Waals surface area contributed by atoms with Crippen LogP contribution in [0.15, 0.2) is 91.0 Å². The van der Waals surface area contributed by atoms with Gasteiger partial charge in [-0.2, -0.15) is 11.3 Å². The number of pyridine rings is 2. The number of aromatic nitrogens is 2. The van der Waals surface area contributed by atoms with Crippen LogP contribution in [0, 0.1) is 12.1 Å². The Hall–Kier alpha value is -3.33. The monoisotopic (exact) mass is 665 g/mol. The van der Waals surface area contributed by atoms with Crippen LogP contribution in [-0.2, 0) is 21.1 Å². The summed E-state index contributed by atoms with van der Waals surface area (Å²) in [6, 6.07) is 37.0. The number of nitrogens with zero attached hydrogens (tertiary/aromatic N) is 2. The summed E-state index contributed by atoms with van der Waals surface area (Å²) in [5.41, 5.74) is 4.75. The van der Waals surface area contributed by atoms with Crippen molar-refractivity contribution in [3.8, 4) is 34.3 Å². The van der Waals surface area contributed by atoms with E-state index in [0.29, 0.717) is 17.7 Å². The Morgan fingerprint density at radius 1 is 0.750 bits per heavy atom. The maximum atomic E-state index is 6.22. The molecule has 0 radical (unpaired) electrons. The average Bonchev–Trinajstić information content (AvgIpc) is 3.28. The van der Waals surface area contributed by atoms with Gasteiger partial charge in [0.05, 0.1) is 0 Å². The van der Waals surface area contributed by atoms with Gasteiger partial charge in [0.2, 0.25) is 11.8 Å². The van der Waals surface area contributed by atoms with E-state index in [0.717, 1.165) is 28.1 Å². The first-order chi connectivity index (χ1) is 17.2. The van der Waals surface area contributed by atoms with Crippen molar-refractivity contribution in [3.63, 3.8) is 0 Å². The van der Waals surface area contributed by atoms with Gasteiger partial charge in [0, 0.05) is 10.8 Å². The summed E-state index contributed by atoms with van der Waals surface area (Å²) in [4.78, 5) is 9.60. The molecule has 0 aliphatic heterocycles. The molecule has 0 saturated carbocycles. The van der Waals surface area contributed by atoms with Crippen molar-refractivity contribution >= 4 is 31.5 Å². The smallest absolute Gasteiger partial charge is 0.422 e. The fourth-order valence-corrected chi connectivity index (χ4v) is 5.41. The standard InChI is InChI=1S/C31H22N2OS.Pt/c1-20(2)22-18-27(25-14-8-13-24-23-12-6-7-16-28(23)35-31(24)25)33-30(19-22)34-29-17-9-15-26(32-29)21-10-4-3-5-11-21;/h3-10,12-13,15-20H,1-2H3;/q-2;+2. The van der Waals surface area contributed by atoms with E-state index in [2.05, 4.69) is 62.4 Å². The number of rotatable bonds is 5. The number of fused-ring (bicyclic) bond motifs is 3. The Balaban J connectivity index is 0.00000267. The molecular formula is C31H22N2OPtS. The summed E-state index contributed by atoms with van der Waals surface area (Å²) < 4.78 is 8.67. The molecule has 0 atom stereocenters. The van der Waals surface area contributed by atoms with Gasteiger partial charge in [0.1, 0.15) is 0 Å². The Bertz CT molecular complexity index is 1660. The number of benzene rings is 3. The van der Waals surface area contributed by atoms with E-state index in [1.165, 1.54) is 20.2 Å².